The summed E-state index contributed by atoms with van der Waals surface area (Å²) in [5.74, 6) is -0.332. The second-order valence-corrected chi connectivity index (χ2v) is 7.11. The summed E-state index contributed by atoms with van der Waals surface area (Å²) in [6, 6.07) is 10.2. The third kappa shape index (κ3) is 4.45. The molecule has 0 saturated heterocycles. The maximum absolute atomic E-state index is 13.4. The molecule has 0 saturated carbocycles. The summed E-state index contributed by atoms with van der Waals surface area (Å²) in [6.07, 6.45) is 0. The zero-order valence-corrected chi connectivity index (χ0v) is 17.5. The summed E-state index contributed by atoms with van der Waals surface area (Å²) < 4.78 is 24.6. The van der Waals surface area contributed by atoms with Crippen LogP contribution in [0.15, 0.2) is 53.7 Å². The molecule has 0 radical (unpaired) electrons. The van der Waals surface area contributed by atoms with Crippen LogP contribution in [0.1, 0.15) is 29.7 Å². The predicted molar refractivity (Wildman–Crippen MR) is 111 cm³/mol. The number of hydrogen-bond acceptors (Lipinski definition) is 4. The van der Waals surface area contributed by atoms with Gasteiger partial charge in [0.1, 0.15) is 18.2 Å². The van der Waals surface area contributed by atoms with Gasteiger partial charge in [0.05, 0.1) is 23.9 Å². The number of benzene rings is 2. The summed E-state index contributed by atoms with van der Waals surface area (Å²) in [4.78, 5) is 26.8. The van der Waals surface area contributed by atoms with Gasteiger partial charge >= 0.3 is 12.0 Å². The van der Waals surface area contributed by atoms with E-state index < -0.39 is 23.9 Å². The lowest BCUT2D eigenvalue weighted by atomic mass is 9.94. The molecule has 0 aromatic heterocycles. The zero-order valence-electron chi connectivity index (χ0n) is 17.5. The highest BCUT2D eigenvalue weighted by molar-refractivity contribution is 5.95. The lowest BCUT2D eigenvalue weighted by Gasteiger charge is -2.34. The van der Waals surface area contributed by atoms with Crippen LogP contribution in [0.5, 0.6) is 5.75 Å². The minimum absolute atomic E-state index is 0.00172. The van der Waals surface area contributed by atoms with Crippen molar-refractivity contribution in [3.8, 4) is 5.75 Å². The van der Waals surface area contributed by atoms with Crippen molar-refractivity contribution in [3.05, 3.63) is 76.2 Å². The monoisotopic (exact) mass is 412 g/mol. The molecule has 0 fully saturated rings. The largest absolute Gasteiger partial charge is 0.487 e. The van der Waals surface area contributed by atoms with Gasteiger partial charge in [0.2, 0.25) is 0 Å². The van der Waals surface area contributed by atoms with Crippen molar-refractivity contribution in [1.29, 1.82) is 0 Å². The topological polar surface area (TPSA) is 67.9 Å². The Morgan fingerprint density at radius 3 is 2.47 bits per heavy atom. The molecule has 158 valence electrons. The lowest BCUT2D eigenvalue weighted by Crippen LogP contribution is -2.48. The molecule has 1 heterocycles. The molecular weight excluding hydrogens is 387 g/mol. The first-order chi connectivity index (χ1) is 14.3. The molecule has 1 aliphatic rings. The quantitative estimate of drug-likeness (QED) is 0.728. The third-order valence-electron chi connectivity index (χ3n) is 5.13. The Hall–Kier alpha value is -3.35. The number of aryl methyl sites for hydroxylation is 2. The first-order valence-electron chi connectivity index (χ1n) is 9.71. The first-order valence-corrected chi connectivity index (χ1v) is 9.71. The summed E-state index contributed by atoms with van der Waals surface area (Å²) in [5, 5.41) is 2.79. The van der Waals surface area contributed by atoms with Gasteiger partial charge in [0, 0.05) is 7.05 Å². The Morgan fingerprint density at radius 2 is 1.83 bits per heavy atom. The molecule has 1 atom stereocenters. The van der Waals surface area contributed by atoms with Crippen LogP contribution in [0.3, 0.4) is 0 Å². The third-order valence-corrected chi connectivity index (χ3v) is 5.13. The minimum Gasteiger partial charge on any atom is -0.487 e. The van der Waals surface area contributed by atoms with Crippen molar-refractivity contribution in [3.63, 3.8) is 0 Å². The number of urea groups is 1. The molecule has 3 rings (SSSR count). The van der Waals surface area contributed by atoms with Gasteiger partial charge in [-0.25, -0.2) is 14.0 Å². The van der Waals surface area contributed by atoms with E-state index in [1.165, 1.54) is 29.2 Å². The summed E-state index contributed by atoms with van der Waals surface area (Å²) in [7, 11) is 1.56. The standard InChI is InChI=1S/C23H25FN2O4/c1-5-29-22(27)20-19(13-30-18-11-6-14(2)15(3)12-18)26(4)23(28)25-21(20)16-7-9-17(24)10-8-16/h6-12,21H,5,13H2,1-4H3,(H,25,28)/t21-/m1/s1. The van der Waals surface area contributed by atoms with Gasteiger partial charge < -0.3 is 14.8 Å². The molecular formula is C23H25FN2O4. The van der Waals surface area contributed by atoms with E-state index in [2.05, 4.69) is 5.32 Å². The van der Waals surface area contributed by atoms with Crippen LogP contribution < -0.4 is 10.1 Å². The van der Waals surface area contributed by atoms with E-state index >= 15 is 0 Å². The van der Waals surface area contributed by atoms with Gasteiger partial charge in [0.25, 0.3) is 0 Å². The highest BCUT2D eigenvalue weighted by atomic mass is 19.1. The lowest BCUT2D eigenvalue weighted by molar-refractivity contribution is -0.139. The summed E-state index contributed by atoms with van der Waals surface area (Å²) in [6.45, 7) is 5.88. The second kappa shape index (κ2) is 8.98. The number of halogens is 1. The molecule has 0 bridgehead atoms. The van der Waals surface area contributed by atoms with E-state index in [-0.39, 0.29) is 18.8 Å². The number of esters is 1. The van der Waals surface area contributed by atoms with Gasteiger partial charge in [0.15, 0.2) is 0 Å². The summed E-state index contributed by atoms with van der Waals surface area (Å²) in [5.41, 5.74) is 3.44. The van der Waals surface area contributed by atoms with E-state index in [1.54, 1.807) is 14.0 Å². The number of ether oxygens (including phenoxy) is 2. The molecule has 6 nitrogen and oxygen atoms in total. The molecule has 2 aromatic rings. The second-order valence-electron chi connectivity index (χ2n) is 7.11. The van der Waals surface area contributed by atoms with Crippen LogP contribution in [-0.2, 0) is 9.53 Å². The van der Waals surface area contributed by atoms with Crippen molar-refractivity contribution in [2.45, 2.75) is 26.8 Å². The van der Waals surface area contributed by atoms with E-state index in [0.717, 1.165) is 11.1 Å². The van der Waals surface area contributed by atoms with Gasteiger partial charge in [-0.2, -0.15) is 0 Å². The Balaban J connectivity index is 2.01. The number of amides is 2. The number of nitrogens with zero attached hydrogens (tertiary/aromatic N) is 1. The average molecular weight is 412 g/mol. The Kier molecular flexibility index (Phi) is 6.40. The van der Waals surface area contributed by atoms with Crippen LogP contribution >= 0.6 is 0 Å². The molecule has 7 heteroatoms. The van der Waals surface area contributed by atoms with Gasteiger partial charge in [-0.3, -0.25) is 4.90 Å². The van der Waals surface area contributed by atoms with Crippen molar-refractivity contribution in [2.24, 2.45) is 0 Å². The van der Waals surface area contributed by atoms with E-state index in [0.29, 0.717) is 17.0 Å². The predicted octanol–water partition coefficient (Wildman–Crippen LogP) is 4.03. The molecule has 1 N–H and O–H groups in total. The van der Waals surface area contributed by atoms with E-state index in [1.807, 2.05) is 32.0 Å². The van der Waals surface area contributed by atoms with E-state index in [4.69, 9.17) is 9.47 Å². The maximum atomic E-state index is 13.4. The molecule has 2 amide bonds. The van der Waals surface area contributed by atoms with Crippen LogP contribution in [-0.4, -0.2) is 37.2 Å². The Bertz CT molecular complexity index is 985. The number of carbonyl (C=O) groups excluding carboxylic acids is 2. The normalized spacial score (nSPS) is 16.4. The molecule has 0 spiro atoms. The van der Waals surface area contributed by atoms with Crippen molar-refractivity contribution >= 4 is 12.0 Å². The van der Waals surface area contributed by atoms with Crippen molar-refractivity contribution < 1.29 is 23.5 Å². The SMILES string of the molecule is CCOC(=O)C1=C(COc2ccc(C)c(C)c2)N(C)C(=O)N[C@@H]1c1ccc(F)cc1. The summed E-state index contributed by atoms with van der Waals surface area (Å²) >= 11 is 0. The van der Waals surface area contributed by atoms with E-state index in [9.17, 15) is 14.0 Å². The number of likely N-dealkylation sites (N-methyl/N-ethyl adjacent to an activating group) is 1. The number of rotatable bonds is 6. The highest BCUT2D eigenvalue weighted by Gasteiger charge is 2.37. The number of hydrogen-bond donors (Lipinski definition) is 1. The maximum Gasteiger partial charge on any atom is 0.338 e. The number of carbonyl (C=O) groups is 2. The van der Waals surface area contributed by atoms with Gasteiger partial charge in [-0.05, 0) is 61.7 Å². The average Bonchev–Trinajstić information content (AvgIpc) is 2.72. The fourth-order valence-electron chi connectivity index (χ4n) is 3.24. The van der Waals surface area contributed by atoms with Crippen molar-refractivity contribution in [2.75, 3.05) is 20.3 Å². The smallest absolute Gasteiger partial charge is 0.338 e. The number of nitrogens with one attached hydrogen (secondary N) is 1. The van der Waals surface area contributed by atoms with Crippen LogP contribution in [0.4, 0.5) is 9.18 Å². The molecule has 0 aliphatic carbocycles. The molecule has 1 aliphatic heterocycles. The zero-order chi connectivity index (χ0) is 21.8. The van der Waals surface area contributed by atoms with Crippen LogP contribution in [0, 0.1) is 19.7 Å². The Labute approximate surface area is 175 Å². The molecule has 30 heavy (non-hydrogen) atoms. The van der Waals surface area contributed by atoms with Gasteiger partial charge in [-0.15, -0.1) is 0 Å². The fourth-order valence-corrected chi connectivity index (χ4v) is 3.24. The van der Waals surface area contributed by atoms with Crippen LogP contribution in [0.2, 0.25) is 0 Å². The fraction of sp³-hybridized carbons (Fsp3) is 0.304. The Morgan fingerprint density at radius 1 is 1.13 bits per heavy atom. The van der Waals surface area contributed by atoms with Gasteiger partial charge in [-0.1, -0.05) is 18.2 Å². The van der Waals surface area contributed by atoms with Crippen LogP contribution in [0.25, 0.3) is 0 Å². The minimum atomic E-state index is -0.772. The highest BCUT2D eigenvalue weighted by Crippen LogP contribution is 2.31. The molecule has 2 aromatic carbocycles. The van der Waals surface area contributed by atoms with Crippen molar-refractivity contribution in [1.82, 2.24) is 10.2 Å². The first kappa shape index (κ1) is 21.4. The molecule has 0 unspecified atom stereocenters.